The van der Waals surface area contributed by atoms with E-state index in [-0.39, 0.29) is 11.7 Å². The highest BCUT2D eigenvalue weighted by Gasteiger charge is 2.26. The fraction of sp³-hybridized carbons (Fsp3) is 0.500. The van der Waals surface area contributed by atoms with Gasteiger partial charge in [0.15, 0.2) is 5.78 Å². The SMILES string of the molecule is Cc1c(C(=O)Nc2ccccc2CN(C)C2CCCCC2)[nH]c2c1C(=O)CCC2. The van der Waals surface area contributed by atoms with E-state index in [1.807, 2.05) is 25.1 Å². The molecule has 1 aromatic carbocycles. The predicted octanol–water partition coefficient (Wildman–Crippen LogP) is 4.86. The van der Waals surface area contributed by atoms with Crippen molar-refractivity contribution in [2.45, 2.75) is 70.9 Å². The molecule has 29 heavy (non-hydrogen) atoms. The van der Waals surface area contributed by atoms with Crippen LogP contribution in [-0.2, 0) is 13.0 Å². The van der Waals surface area contributed by atoms with Gasteiger partial charge in [-0.05, 0) is 56.8 Å². The number of nitrogens with one attached hydrogen (secondary N) is 2. The van der Waals surface area contributed by atoms with Gasteiger partial charge in [-0.1, -0.05) is 37.5 Å². The summed E-state index contributed by atoms with van der Waals surface area (Å²) in [5, 5.41) is 3.09. The Morgan fingerprint density at radius 2 is 1.90 bits per heavy atom. The van der Waals surface area contributed by atoms with Crippen LogP contribution in [0.2, 0.25) is 0 Å². The van der Waals surface area contributed by atoms with Gasteiger partial charge in [-0.15, -0.1) is 0 Å². The third kappa shape index (κ3) is 4.15. The van der Waals surface area contributed by atoms with Gasteiger partial charge in [0.2, 0.25) is 0 Å². The van der Waals surface area contributed by atoms with Crippen LogP contribution in [0.5, 0.6) is 0 Å². The Bertz CT molecular complexity index is 909. The third-order valence-electron chi connectivity index (χ3n) is 6.55. The van der Waals surface area contributed by atoms with E-state index < -0.39 is 0 Å². The van der Waals surface area contributed by atoms with Crippen LogP contribution >= 0.6 is 0 Å². The molecule has 1 fully saturated rings. The first-order chi connectivity index (χ1) is 14.0. The van der Waals surface area contributed by atoms with Crippen molar-refractivity contribution >= 4 is 17.4 Å². The van der Waals surface area contributed by atoms with Crippen molar-refractivity contribution in [1.29, 1.82) is 0 Å². The van der Waals surface area contributed by atoms with Crippen molar-refractivity contribution in [3.05, 3.63) is 52.3 Å². The number of carbonyl (C=O) groups excluding carboxylic acids is 2. The monoisotopic (exact) mass is 393 g/mol. The van der Waals surface area contributed by atoms with E-state index in [1.165, 1.54) is 32.1 Å². The van der Waals surface area contributed by atoms with Gasteiger partial charge >= 0.3 is 0 Å². The predicted molar refractivity (Wildman–Crippen MR) is 116 cm³/mol. The van der Waals surface area contributed by atoms with Crippen LogP contribution in [0.25, 0.3) is 0 Å². The first kappa shape index (κ1) is 19.9. The molecular formula is C24H31N3O2. The minimum absolute atomic E-state index is 0.147. The molecule has 0 saturated heterocycles. The van der Waals surface area contributed by atoms with E-state index in [9.17, 15) is 9.59 Å². The number of H-pyrrole nitrogens is 1. The summed E-state index contributed by atoms with van der Waals surface area (Å²) in [7, 11) is 2.18. The molecule has 1 amide bonds. The summed E-state index contributed by atoms with van der Waals surface area (Å²) < 4.78 is 0. The summed E-state index contributed by atoms with van der Waals surface area (Å²) in [4.78, 5) is 30.9. The van der Waals surface area contributed by atoms with E-state index >= 15 is 0 Å². The van der Waals surface area contributed by atoms with Crippen molar-refractivity contribution in [3.63, 3.8) is 0 Å². The number of carbonyl (C=O) groups is 2. The molecular weight excluding hydrogens is 362 g/mol. The highest BCUT2D eigenvalue weighted by atomic mass is 16.2. The van der Waals surface area contributed by atoms with Crippen LogP contribution in [-0.4, -0.2) is 34.7 Å². The molecule has 0 atom stereocenters. The molecule has 1 aromatic heterocycles. The minimum atomic E-state index is -0.169. The average Bonchev–Trinajstić information content (AvgIpc) is 3.08. The number of benzene rings is 1. The minimum Gasteiger partial charge on any atom is -0.354 e. The third-order valence-corrected chi connectivity index (χ3v) is 6.55. The molecule has 4 rings (SSSR count). The molecule has 5 nitrogen and oxygen atoms in total. The number of para-hydroxylation sites is 1. The van der Waals surface area contributed by atoms with Gasteiger partial charge in [0.1, 0.15) is 5.69 Å². The molecule has 0 bridgehead atoms. The summed E-state index contributed by atoms with van der Waals surface area (Å²) in [6.45, 7) is 2.69. The van der Waals surface area contributed by atoms with Crippen molar-refractivity contribution in [1.82, 2.24) is 9.88 Å². The van der Waals surface area contributed by atoms with Crippen LogP contribution in [0.4, 0.5) is 5.69 Å². The molecule has 0 radical (unpaired) electrons. The lowest BCUT2D eigenvalue weighted by atomic mass is 9.93. The summed E-state index contributed by atoms with van der Waals surface area (Å²) in [6.07, 6.45) is 8.73. The van der Waals surface area contributed by atoms with Crippen molar-refractivity contribution in [2.24, 2.45) is 0 Å². The van der Waals surface area contributed by atoms with E-state index in [4.69, 9.17) is 0 Å². The number of hydrogen-bond donors (Lipinski definition) is 2. The Kier molecular flexibility index (Phi) is 5.86. The van der Waals surface area contributed by atoms with Gasteiger partial charge in [-0.3, -0.25) is 14.5 Å². The maximum atomic E-state index is 13.0. The van der Waals surface area contributed by atoms with Crippen LogP contribution in [0.1, 0.15) is 82.6 Å². The maximum absolute atomic E-state index is 13.0. The Hall–Kier alpha value is -2.40. The fourth-order valence-corrected chi connectivity index (χ4v) is 4.89. The highest BCUT2D eigenvalue weighted by molar-refractivity contribution is 6.08. The maximum Gasteiger partial charge on any atom is 0.272 e. The largest absolute Gasteiger partial charge is 0.354 e. The Morgan fingerprint density at radius 3 is 2.66 bits per heavy atom. The second-order valence-electron chi connectivity index (χ2n) is 8.57. The summed E-state index contributed by atoms with van der Waals surface area (Å²) in [6, 6.07) is 8.65. The quantitative estimate of drug-likeness (QED) is 0.762. The molecule has 0 aliphatic heterocycles. The summed E-state index contributed by atoms with van der Waals surface area (Å²) in [5.74, 6) is -0.0222. The van der Waals surface area contributed by atoms with Gasteiger partial charge < -0.3 is 10.3 Å². The number of anilines is 1. The second kappa shape index (κ2) is 8.54. The van der Waals surface area contributed by atoms with Crippen molar-refractivity contribution < 1.29 is 9.59 Å². The number of Topliss-reactive ketones (excluding diaryl/α,β-unsaturated/α-hetero) is 1. The zero-order valence-corrected chi connectivity index (χ0v) is 17.5. The second-order valence-corrected chi connectivity index (χ2v) is 8.57. The van der Waals surface area contributed by atoms with Crippen molar-refractivity contribution in [2.75, 3.05) is 12.4 Å². The van der Waals surface area contributed by atoms with Crippen LogP contribution in [0.15, 0.2) is 24.3 Å². The van der Waals surface area contributed by atoms with Gasteiger partial charge in [-0.25, -0.2) is 0 Å². The zero-order valence-electron chi connectivity index (χ0n) is 17.5. The molecule has 0 spiro atoms. The number of aromatic amines is 1. The van der Waals surface area contributed by atoms with E-state index in [0.29, 0.717) is 18.2 Å². The molecule has 1 saturated carbocycles. The first-order valence-corrected chi connectivity index (χ1v) is 10.9. The van der Waals surface area contributed by atoms with E-state index in [2.05, 4.69) is 28.3 Å². The van der Waals surface area contributed by atoms with Crippen molar-refractivity contribution in [3.8, 4) is 0 Å². The molecule has 5 heteroatoms. The summed E-state index contributed by atoms with van der Waals surface area (Å²) >= 11 is 0. The molecule has 2 aliphatic rings. The van der Waals surface area contributed by atoms with Gasteiger partial charge in [0.05, 0.1) is 0 Å². The lowest BCUT2D eigenvalue weighted by molar-refractivity contribution is 0.0971. The normalized spacial score (nSPS) is 17.4. The number of nitrogens with zero attached hydrogens (tertiary/aromatic N) is 1. The Balaban J connectivity index is 1.51. The molecule has 2 N–H and O–H groups in total. The average molecular weight is 394 g/mol. The Morgan fingerprint density at radius 1 is 1.14 bits per heavy atom. The zero-order chi connectivity index (χ0) is 20.4. The number of hydrogen-bond acceptors (Lipinski definition) is 3. The number of ketones is 1. The molecule has 2 aliphatic carbocycles. The van der Waals surface area contributed by atoms with Crippen LogP contribution in [0.3, 0.4) is 0 Å². The first-order valence-electron chi connectivity index (χ1n) is 10.9. The highest BCUT2D eigenvalue weighted by Crippen LogP contribution is 2.28. The van der Waals surface area contributed by atoms with Gasteiger partial charge in [0, 0.05) is 36.0 Å². The van der Waals surface area contributed by atoms with Crippen LogP contribution < -0.4 is 5.32 Å². The molecule has 2 aromatic rings. The van der Waals surface area contributed by atoms with Gasteiger partial charge in [-0.2, -0.15) is 0 Å². The Labute approximate surface area is 172 Å². The lowest BCUT2D eigenvalue weighted by Gasteiger charge is -2.31. The van der Waals surface area contributed by atoms with Gasteiger partial charge in [0.25, 0.3) is 5.91 Å². The summed E-state index contributed by atoms with van der Waals surface area (Å²) in [5.41, 5.74) is 4.90. The number of fused-ring (bicyclic) bond motifs is 1. The van der Waals surface area contributed by atoms with E-state index in [1.54, 1.807) is 0 Å². The topological polar surface area (TPSA) is 65.2 Å². The number of aryl methyl sites for hydroxylation is 1. The number of rotatable bonds is 5. The smallest absolute Gasteiger partial charge is 0.272 e. The molecule has 1 heterocycles. The number of amides is 1. The standard InChI is InChI=1S/C24H31N3O2/c1-16-22-20(13-8-14-21(22)28)25-23(16)24(29)26-19-12-7-6-9-17(19)15-27(2)18-10-4-3-5-11-18/h6-7,9,12,18,25H,3-5,8,10-11,13-15H2,1-2H3,(H,26,29). The van der Waals surface area contributed by atoms with Crippen LogP contribution in [0, 0.1) is 6.92 Å². The van der Waals surface area contributed by atoms with E-state index in [0.717, 1.165) is 47.5 Å². The fourth-order valence-electron chi connectivity index (χ4n) is 4.89. The molecule has 0 unspecified atom stereocenters. The molecule has 154 valence electrons. The number of aromatic nitrogens is 1. The lowest BCUT2D eigenvalue weighted by Crippen LogP contribution is -2.33.